The van der Waals surface area contributed by atoms with Crippen LogP contribution in [-0.2, 0) is 4.79 Å². The van der Waals surface area contributed by atoms with Gasteiger partial charge in [0.2, 0.25) is 0 Å². The molecule has 1 aromatic carbocycles. The topological polar surface area (TPSA) is 80.4 Å². The van der Waals surface area contributed by atoms with Crippen molar-refractivity contribution in [3.05, 3.63) is 40.0 Å². The first-order valence-corrected chi connectivity index (χ1v) is 4.17. The molecule has 5 nitrogen and oxygen atoms in total. The molecule has 0 fully saturated rings. The lowest BCUT2D eigenvalue weighted by Gasteiger charge is -1.98. The fourth-order valence-electron chi connectivity index (χ4n) is 0.996. The molecule has 0 aromatic heterocycles. The number of phenols is 1. The maximum atomic E-state index is 10.6. The summed E-state index contributed by atoms with van der Waals surface area (Å²) in [5.41, 5.74) is 0.121. The Labute approximate surface area is 85.8 Å². The first-order valence-electron chi connectivity index (χ1n) is 4.17. The summed E-state index contributed by atoms with van der Waals surface area (Å²) in [6.45, 7) is 1.35. The Morgan fingerprint density at radius 1 is 1.53 bits per heavy atom. The molecule has 0 amide bonds. The molecule has 0 aliphatic rings. The fourth-order valence-corrected chi connectivity index (χ4v) is 0.996. The number of phenolic OH excluding ortho intramolecular Hbond substituents is 1. The van der Waals surface area contributed by atoms with Gasteiger partial charge in [0.1, 0.15) is 5.75 Å². The summed E-state index contributed by atoms with van der Waals surface area (Å²) < 4.78 is 0. The largest absolute Gasteiger partial charge is 0.507 e. The minimum Gasteiger partial charge on any atom is -0.507 e. The van der Waals surface area contributed by atoms with Gasteiger partial charge in [-0.15, -0.1) is 0 Å². The molecule has 0 spiro atoms. The monoisotopic (exact) mass is 207 g/mol. The van der Waals surface area contributed by atoms with Crippen LogP contribution in [0.3, 0.4) is 0 Å². The highest BCUT2D eigenvalue weighted by Crippen LogP contribution is 2.23. The standard InChI is InChI=1S/C10H9NO4/c1-7(12)2-3-8-6-9(11(14)15)4-5-10(8)13/h2-6,13H,1H3/b3-2-. The second kappa shape index (κ2) is 4.36. The van der Waals surface area contributed by atoms with Gasteiger partial charge >= 0.3 is 0 Å². The Morgan fingerprint density at radius 2 is 2.20 bits per heavy atom. The number of carbonyl (C=O) groups is 1. The third kappa shape index (κ3) is 2.91. The molecule has 0 aliphatic carbocycles. The maximum absolute atomic E-state index is 10.6. The van der Waals surface area contributed by atoms with E-state index in [1.165, 1.54) is 37.3 Å². The number of hydrogen-bond acceptors (Lipinski definition) is 4. The second-order valence-electron chi connectivity index (χ2n) is 2.94. The highest BCUT2D eigenvalue weighted by molar-refractivity contribution is 5.92. The molecule has 0 bridgehead atoms. The zero-order valence-electron chi connectivity index (χ0n) is 8.01. The van der Waals surface area contributed by atoms with Crippen LogP contribution < -0.4 is 0 Å². The number of non-ortho nitro benzene ring substituents is 1. The summed E-state index contributed by atoms with van der Waals surface area (Å²) >= 11 is 0. The lowest BCUT2D eigenvalue weighted by Crippen LogP contribution is -1.88. The van der Waals surface area contributed by atoms with Crippen LogP contribution in [0.2, 0.25) is 0 Å². The van der Waals surface area contributed by atoms with Crippen LogP contribution in [0.4, 0.5) is 5.69 Å². The molecule has 0 saturated heterocycles. The number of hydrogen-bond donors (Lipinski definition) is 1. The molecular formula is C10H9NO4. The Bertz CT molecular complexity index is 437. The van der Waals surface area contributed by atoms with E-state index in [1.807, 2.05) is 0 Å². The molecular weight excluding hydrogens is 198 g/mol. The van der Waals surface area contributed by atoms with Gasteiger partial charge in [-0.1, -0.05) is 0 Å². The minimum atomic E-state index is -0.565. The number of nitrogens with zero attached hydrogens (tertiary/aromatic N) is 1. The highest BCUT2D eigenvalue weighted by atomic mass is 16.6. The lowest BCUT2D eigenvalue weighted by molar-refractivity contribution is -0.384. The van der Waals surface area contributed by atoms with Crippen LogP contribution in [0.5, 0.6) is 5.75 Å². The average molecular weight is 207 g/mol. The van der Waals surface area contributed by atoms with Gasteiger partial charge in [-0.2, -0.15) is 0 Å². The van der Waals surface area contributed by atoms with E-state index in [1.54, 1.807) is 0 Å². The van der Waals surface area contributed by atoms with E-state index in [0.717, 1.165) is 0 Å². The van der Waals surface area contributed by atoms with Crippen molar-refractivity contribution in [3.8, 4) is 5.75 Å². The van der Waals surface area contributed by atoms with Crippen LogP contribution in [0, 0.1) is 10.1 Å². The van der Waals surface area contributed by atoms with Crippen LogP contribution in [0.25, 0.3) is 6.08 Å². The predicted molar refractivity (Wildman–Crippen MR) is 54.5 cm³/mol. The van der Waals surface area contributed by atoms with E-state index >= 15 is 0 Å². The number of carbonyl (C=O) groups excluding carboxylic acids is 1. The number of nitro groups is 1. The first-order chi connectivity index (χ1) is 7.00. The normalized spacial score (nSPS) is 10.5. The molecule has 5 heteroatoms. The van der Waals surface area contributed by atoms with E-state index in [0.29, 0.717) is 0 Å². The number of benzene rings is 1. The SMILES string of the molecule is CC(=O)/C=C\c1cc([N+](=O)[O-])ccc1O. The van der Waals surface area contributed by atoms with Gasteiger partial charge in [0.25, 0.3) is 5.69 Å². The van der Waals surface area contributed by atoms with E-state index in [9.17, 15) is 20.0 Å². The van der Waals surface area contributed by atoms with E-state index in [2.05, 4.69) is 0 Å². The summed E-state index contributed by atoms with van der Waals surface area (Å²) in [4.78, 5) is 20.5. The summed E-state index contributed by atoms with van der Waals surface area (Å²) in [6, 6.07) is 3.62. The Hall–Kier alpha value is -2.17. The molecule has 0 atom stereocenters. The average Bonchev–Trinajstić information content (AvgIpc) is 2.16. The number of allylic oxidation sites excluding steroid dienone is 1. The summed E-state index contributed by atoms with van der Waals surface area (Å²) in [5.74, 6) is -0.293. The fraction of sp³-hybridized carbons (Fsp3) is 0.100. The van der Waals surface area contributed by atoms with E-state index < -0.39 is 4.92 Å². The zero-order valence-corrected chi connectivity index (χ0v) is 8.01. The molecule has 0 unspecified atom stereocenters. The third-order valence-electron chi connectivity index (χ3n) is 1.72. The minimum absolute atomic E-state index is 0.0990. The van der Waals surface area contributed by atoms with Crippen molar-refractivity contribution in [2.24, 2.45) is 0 Å². The van der Waals surface area contributed by atoms with Crippen LogP contribution in [-0.4, -0.2) is 15.8 Å². The van der Waals surface area contributed by atoms with Gasteiger partial charge in [-0.05, 0) is 25.1 Å². The zero-order chi connectivity index (χ0) is 11.4. The van der Waals surface area contributed by atoms with Gasteiger partial charge in [0, 0.05) is 17.7 Å². The van der Waals surface area contributed by atoms with Crippen LogP contribution in [0.15, 0.2) is 24.3 Å². The van der Waals surface area contributed by atoms with Gasteiger partial charge in [0.15, 0.2) is 5.78 Å². The smallest absolute Gasteiger partial charge is 0.270 e. The molecule has 0 saturated carbocycles. The van der Waals surface area contributed by atoms with Gasteiger partial charge in [-0.25, -0.2) is 0 Å². The van der Waals surface area contributed by atoms with Crippen molar-refractivity contribution in [3.63, 3.8) is 0 Å². The molecule has 1 rings (SSSR count). The second-order valence-corrected chi connectivity index (χ2v) is 2.94. The third-order valence-corrected chi connectivity index (χ3v) is 1.72. The molecule has 15 heavy (non-hydrogen) atoms. The van der Waals surface area contributed by atoms with Crippen molar-refractivity contribution < 1.29 is 14.8 Å². The molecule has 1 N–H and O–H groups in total. The van der Waals surface area contributed by atoms with Gasteiger partial charge < -0.3 is 5.11 Å². The summed E-state index contributed by atoms with van der Waals surface area (Å²) in [5, 5.41) is 19.8. The van der Waals surface area contributed by atoms with Crippen molar-refractivity contribution in [1.82, 2.24) is 0 Å². The number of aromatic hydroxyl groups is 1. The van der Waals surface area contributed by atoms with Crippen molar-refractivity contribution in [1.29, 1.82) is 0 Å². The molecule has 0 heterocycles. The van der Waals surface area contributed by atoms with Gasteiger partial charge in [-0.3, -0.25) is 14.9 Å². The van der Waals surface area contributed by atoms with Crippen molar-refractivity contribution in [2.45, 2.75) is 6.92 Å². The predicted octanol–water partition coefficient (Wildman–Crippen LogP) is 1.90. The Morgan fingerprint density at radius 3 is 2.73 bits per heavy atom. The lowest BCUT2D eigenvalue weighted by atomic mass is 10.1. The Balaban J connectivity index is 3.11. The summed E-state index contributed by atoms with van der Waals surface area (Å²) in [7, 11) is 0. The number of ketones is 1. The molecule has 78 valence electrons. The Kier molecular flexibility index (Phi) is 3.17. The maximum Gasteiger partial charge on any atom is 0.270 e. The van der Waals surface area contributed by atoms with Crippen LogP contribution >= 0.6 is 0 Å². The van der Waals surface area contributed by atoms with E-state index in [-0.39, 0.29) is 22.8 Å². The summed E-state index contributed by atoms with van der Waals surface area (Å²) in [6.07, 6.45) is 2.57. The van der Waals surface area contributed by atoms with Crippen molar-refractivity contribution >= 4 is 17.5 Å². The van der Waals surface area contributed by atoms with E-state index in [4.69, 9.17) is 0 Å². The first kappa shape index (κ1) is 10.9. The molecule has 1 aromatic rings. The molecule has 0 radical (unpaired) electrons. The van der Waals surface area contributed by atoms with Gasteiger partial charge in [0.05, 0.1) is 4.92 Å². The molecule has 0 aliphatic heterocycles. The van der Waals surface area contributed by atoms with Crippen LogP contribution in [0.1, 0.15) is 12.5 Å². The number of nitro benzene ring substituents is 1. The van der Waals surface area contributed by atoms with Crippen molar-refractivity contribution in [2.75, 3.05) is 0 Å². The highest BCUT2D eigenvalue weighted by Gasteiger charge is 2.07. The number of rotatable bonds is 3. The quantitative estimate of drug-likeness (QED) is 0.466.